The Labute approximate surface area is 189 Å². The molecule has 168 valence electrons. The van der Waals surface area contributed by atoms with Crippen LogP contribution in [-0.2, 0) is 9.59 Å². The standard InChI is InChI=1S/C24H21FN4O4/c1-13-23-18(8-16(25)10-27-23)19-11-26-22(33-3)9-20(19)29(24(13)32)12-21(31)28-17-6-4-15(5-7-17)14(2)30/h4-11,13H,12H2,1-3H3,(H,28,31)/t13-/m0/s1. The van der Waals surface area contributed by atoms with E-state index in [-0.39, 0.29) is 24.1 Å². The third kappa shape index (κ3) is 4.30. The number of rotatable bonds is 5. The molecule has 0 saturated heterocycles. The molecule has 0 aliphatic carbocycles. The Morgan fingerprint density at radius 3 is 2.52 bits per heavy atom. The smallest absolute Gasteiger partial charge is 0.244 e. The Balaban J connectivity index is 1.70. The van der Waals surface area contributed by atoms with Crippen molar-refractivity contribution >= 4 is 29.0 Å². The number of hydrogen-bond acceptors (Lipinski definition) is 6. The SMILES string of the molecule is COc1cc2c(cn1)-c1cc(F)cnc1[C@H](C)C(=O)N2CC(=O)Nc1ccc(C(C)=O)cc1. The minimum absolute atomic E-state index is 0.0826. The second-order valence-electron chi connectivity index (χ2n) is 7.66. The third-order valence-corrected chi connectivity index (χ3v) is 5.46. The summed E-state index contributed by atoms with van der Waals surface area (Å²) in [5.74, 6) is -1.92. The van der Waals surface area contributed by atoms with Crippen LogP contribution in [0.5, 0.6) is 5.88 Å². The number of methoxy groups -OCH3 is 1. The number of hydrogen-bond donors (Lipinski definition) is 1. The van der Waals surface area contributed by atoms with E-state index in [0.29, 0.717) is 33.8 Å². The molecule has 9 heteroatoms. The number of pyridine rings is 2. The van der Waals surface area contributed by atoms with Gasteiger partial charge in [0.25, 0.3) is 0 Å². The number of carbonyl (C=O) groups is 3. The lowest BCUT2D eigenvalue weighted by molar-refractivity contribution is -0.122. The molecular formula is C24H21FN4O4. The molecule has 0 bridgehead atoms. The largest absolute Gasteiger partial charge is 0.481 e. The molecule has 8 nitrogen and oxygen atoms in total. The van der Waals surface area contributed by atoms with Crippen molar-refractivity contribution in [1.29, 1.82) is 0 Å². The average molecular weight is 448 g/mol. The lowest BCUT2D eigenvalue weighted by atomic mass is 9.98. The first-order chi connectivity index (χ1) is 15.8. The summed E-state index contributed by atoms with van der Waals surface area (Å²) >= 11 is 0. The third-order valence-electron chi connectivity index (χ3n) is 5.46. The predicted molar refractivity (Wildman–Crippen MR) is 120 cm³/mol. The van der Waals surface area contributed by atoms with Crippen LogP contribution in [0.4, 0.5) is 15.8 Å². The number of fused-ring (bicyclic) bond motifs is 3. The maximum absolute atomic E-state index is 14.0. The van der Waals surface area contributed by atoms with Gasteiger partial charge in [-0.25, -0.2) is 9.37 Å². The summed E-state index contributed by atoms with van der Waals surface area (Å²) < 4.78 is 19.2. The zero-order valence-corrected chi connectivity index (χ0v) is 18.3. The van der Waals surface area contributed by atoms with Gasteiger partial charge in [-0.3, -0.25) is 19.4 Å². The molecule has 0 fully saturated rings. The summed E-state index contributed by atoms with van der Waals surface area (Å²) in [6.07, 6.45) is 2.54. The number of nitrogens with one attached hydrogen (secondary N) is 1. The number of halogens is 1. The number of amides is 2. The van der Waals surface area contributed by atoms with Crippen LogP contribution in [0.2, 0.25) is 0 Å². The van der Waals surface area contributed by atoms with Gasteiger partial charge in [0.05, 0.1) is 30.6 Å². The Morgan fingerprint density at radius 2 is 1.85 bits per heavy atom. The summed E-state index contributed by atoms with van der Waals surface area (Å²) in [6, 6.07) is 9.30. The second kappa shape index (κ2) is 8.78. The number of anilines is 2. The van der Waals surface area contributed by atoms with Gasteiger partial charge < -0.3 is 15.0 Å². The van der Waals surface area contributed by atoms with E-state index >= 15 is 0 Å². The molecule has 2 amide bonds. The van der Waals surface area contributed by atoms with Gasteiger partial charge in [-0.15, -0.1) is 0 Å². The topological polar surface area (TPSA) is 101 Å². The van der Waals surface area contributed by atoms with Crippen LogP contribution in [0.1, 0.15) is 35.8 Å². The van der Waals surface area contributed by atoms with Crippen LogP contribution >= 0.6 is 0 Å². The van der Waals surface area contributed by atoms with Crippen molar-refractivity contribution in [2.45, 2.75) is 19.8 Å². The highest BCUT2D eigenvalue weighted by Crippen LogP contribution is 2.41. The van der Waals surface area contributed by atoms with Gasteiger partial charge in [0.15, 0.2) is 5.78 Å². The Morgan fingerprint density at radius 1 is 1.12 bits per heavy atom. The minimum atomic E-state index is -0.721. The van der Waals surface area contributed by atoms with Crippen molar-refractivity contribution in [1.82, 2.24) is 9.97 Å². The van der Waals surface area contributed by atoms with E-state index in [1.54, 1.807) is 31.2 Å². The fourth-order valence-corrected chi connectivity index (χ4v) is 3.74. The van der Waals surface area contributed by atoms with E-state index in [9.17, 15) is 18.8 Å². The van der Waals surface area contributed by atoms with Crippen LogP contribution in [-0.4, -0.2) is 41.2 Å². The highest BCUT2D eigenvalue weighted by atomic mass is 19.1. The first-order valence-corrected chi connectivity index (χ1v) is 10.2. The van der Waals surface area contributed by atoms with Gasteiger partial charge in [0.2, 0.25) is 17.7 Å². The van der Waals surface area contributed by atoms with Crippen molar-refractivity contribution in [3.63, 3.8) is 0 Å². The number of carbonyl (C=O) groups excluding carboxylic acids is 3. The zero-order valence-electron chi connectivity index (χ0n) is 18.3. The normalized spacial score (nSPS) is 14.7. The fourth-order valence-electron chi connectivity index (χ4n) is 3.74. The number of benzene rings is 1. The van der Waals surface area contributed by atoms with Crippen LogP contribution < -0.4 is 15.0 Å². The monoisotopic (exact) mass is 448 g/mol. The molecule has 2 aromatic heterocycles. The van der Waals surface area contributed by atoms with Gasteiger partial charge in [0, 0.05) is 34.6 Å². The Bertz CT molecular complexity index is 1260. The van der Waals surface area contributed by atoms with Crippen molar-refractivity contribution < 1.29 is 23.5 Å². The number of ketones is 1. The summed E-state index contributed by atoms with van der Waals surface area (Å²) in [6.45, 7) is 2.82. The van der Waals surface area contributed by atoms with Gasteiger partial charge in [-0.1, -0.05) is 0 Å². The van der Waals surface area contributed by atoms with E-state index < -0.39 is 17.6 Å². The van der Waals surface area contributed by atoms with Gasteiger partial charge in [-0.05, 0) is 44.2 Å². The van der Waals surface area contributed by atoms with Crippen molar-refractivity contribution in [2.24, 2.45) is 0 Å². The first kappa shape index (κ1) is 22.1. The predicted octanol–water partition coefficient (Wildman–Crippen LogP) is 3.58. The van der Waals surface area contributed by atoms with Crippen LogP contribution in [0.25, 0.3) is 11.1 Å². The summed E-state index contributed by atoms with van der Waals surface area (Å²) in [7, 11) is 1.44. The van der Waals surface area contributed by atoms with Gasteiger partial charge >= 0.3 is 0 Å². The number of nitrogens with zero attached hydrogens (tertiary/aromatic N) is 3. The highest BCUT2D eigenvalue weighted by Gasteiger charge is 2.34. The molecule has 1 aliphatic rings. The molecule has 0 radical (unpaired) electrons. The molecule has 1 aromatic carbocycles. The molecule has 1 aliphatic heterocycles. The molecule has 0 unspecified atom stereocenters. The molecule has 0 saturated carbocycles. The van der Waals surface area contributed by atoms with E-state index in [1.807, 2.05) is 0 Å². The maximum atomic E-state index is 14.0. The number of ether oxygens (including phenoxy) is 1. The molecule has 3 aromatic rings. The first-order valence-electron chi connectivity index (χ1n) is 10.2. The van der Waals surface area contributed by atoms with Gasteiger partial charge in [-0.2, -0.15) is 0 Å². The maximum Gasteiger partial charge on any atom is 0.244 e. The van der Waals surface area contributed by atoms with Crippen molar-refractivity contribution in [3.8, 4) is 17.0 Å². The molecular weight excluding hydrogens is 427 g/mol. The number of Topliss-reactive ketones (excluding diaryl/α,β-unsaturated/α-hetero) is 1. The van der Waals surface area contributed by atoms with Crippen molar-refractivity contribution in [2.75, 3.05) is 23.9 Å². The van der Waals surface area contributed by atoms with Crippen molar-refractivity contribution in [3.05, 3.63) is 65.9 Å². The van der Waals surface area contributed by atoms with E-state index in [2.05, 4.69) is 15.3 Å². The van der Waals surface area contributed by atoms with Crippen LogP contribution in [0.3, 0.4) is 0 Å². The van der Waals surface area contributed by atoms with E-state index in [1.165, 1.54) is 37.3 Å². The van der Waals surface area contributed by atoms with Crippen LogP contribution in [0, 0.1) is 5.82 Å². The van der Waals surface area contributed by atoms with Crippen LogP contribution in [0.15, 0.2) is 48.8 Å². The second-order valence-corrected chi connectivity index (χ2v) is 7.66. The summed E-state index contributed by atoms with van der Waals surface area (Å²) in [4.78, 5) is 47.4. The molecule has 1 atom stereocenters. The Hall–Kier alpha value is -4.14. The van der Waals surface area contributed by atoms with E-state index in [4.69, 9.17) is 4.74 Å². The minimum Gasteiger partial charge on any atom is -0.481 e. The molecule has 0 spiro atoms. The molecule has 4 rings (SSSR count). The summed E-state index contributed by atoms with van der Waals surface area (Å²) in [5, 5.41) is 2.73. The quantitative estimate of drug-likeness (QED) is 0.599. The molecule has 33 heavy (non-hydrogen) atoms. The average Bonchev–Trinajstić information content (AvgIpc) is 2.88. The zero-order chi connectivity index (χ0) is 23.7. The summed E-state index contributed by atoms with van der Waals surface area (Å²) in [5.41, 5.74) is 2.68. The lowest BCUT2D eigenvalue weighted by Crippen LogP contribution is -2.40. The molecule has 1 N–H and O–H groups in total. The fraction of sp³-hybridized carbons (Fsp3) is 0.208. The highest BCUT2D eigenvalue weighted by molar-refractivity contribution is 6.09. The Kier molecular flexibility index (Phi) is 5.87. The number of aromatic nitrogens is 2. The molecule has 3 heterocycles. The lowest BCUT2D eigenvalue weighted by Gasteiger charge is -2.24. The van der Waals surface area contributed by atoms with E-state index in [0.717, 1.165) is 6.20 Å². The van der Waals surface area contributed by atoms with Gasteiger partial charge in [0.1, 0.15) is 12.4 Å².